The molecule has 0 radical (unpaired) electrons. The number of rotatable bonds is 3. The Balaban J connectivity index is 2.58. The highest BCUT2D eigenvalue weighted by atomic mass is 19.1. The fourth-order valence-electron chi connectivity index (χ4n) is 0.894. The predicted octanol–water partition coefficient (Wildman–Crippen LogP) is 0.0828. The van der Waals surface area contributed by atoms with E-state index in [0.29, 0.717) is 6.42 Å². The molecule has 0 saturated heterocycles. The van der Waals surface area contributed by atoms with Gasteiger partial charge < -0.3 is 10.8 Å². The van der Waals surface area contributed by atoms with Crippen molar-refractivity contribution < 1.29 is 9.50 Å². The van der Waals surface area contributed by atoms with Gasteiger partial charge in [-0.25, -0.2) is 4.98 Å². The molecule has 66 valence electrons. The highest BCUT2D eigenvalue weighted by molar-refractivity contribution is 5.10. The van der Waals surface area contributed by atoms with Crippen molar-refractivity contribution in [3.05, 3.63) is 29.8 Å². The lowest BCUT2D eigenvalue weighted by molar-refractivity contribution is 0.265. The third kappa shape index (κ3) is 2.56. The van der Waals surface area contributed by atoms with Crippen LogP contribution in [0.2, 0.25) is 0 Å². The minimum Gasteiger partial charge on any atom is -0.395 e. The molecule has 3 nitrogen and oxygen atoms in total. The van der Waals surface area contributed by atoms with Crippen molar-refractivity contribution in [1.29, 1.82) is 0 Å². The quantitative estimate of drug-likeness (QED) is 0.632. The van der Waals surface area contributed by atoms with Crippen LogP contribution in [0.1, 0.15) is 5.56 Å². The number of pyridine rings is 1. The molecular weight excluding hydrogens is 159 g/mol. The molecule has 1 aromatic rings. The molecule has 0 amide bonds. The molecule has 1 unspecified atom stereocenters. The Morgan fingerprint density at radius 3 is 2.83 bits per heavy atom. The second-order valence-corrected chi connectivity index (χ2v) is 2.64. The molecule has 0 bridgehead atoms. The standard InChI is InChI=1S/C8H11FN2O/c9-8-2-1-6(4-11-8)3-7(10)5-12/h1-2,4,7,12H,3,5,10H2. The van der Waals surface area contributed by atoms with Crippen LogP contribution in [0.3, 0.4) is 0 Å². The van der Waals surface area contributed by atoms with Crippen LogP contribution in [0.5, 0.6) is 0 Å². The van der Waals surface area contributed by atoms with Crippen LogP contribution in [0.25, 0.3) is 0 Å². The number of hydrogen-bond acceptors (Lipinski definition) is 3. The first-order chi connectivity index (χ1) is 5.72. The molecule has 1 aromatic heterocycles. The van der Waals surface area contributed by atoms with Crippen LogP contribution in [0, 0.1) is 5.95 Å². The van der Waals surface area contributed by atoms with Crippen LogP contribution in [0.4, 0.5) is 4.39 Å². The lowest BCUT2D eigenvalue weighted by Gasteiger charge is -2.06. The van der Waals surface area contributed by atoms with Crippen LogP contribution in [-0.2, 0) is 6.42 Å². The molecule has 1 rings (SSSR count). The summed E-state index contributed by atoms with van der Waals surface area (Å²) in [4.78, 5) is 3.46. The van der Waals surface area contributed by atoms with Gasteiger partial charge in [-0.1, -0.05) is 6.07 Å². The topological polar surface area (TPSA) is 59.1 Å². The largest absolute Gasteiger partial charge is 0.395 e. The van der Waals surface area contributed by atoms with E-state index in [2.05, 4.69) is 4.98 Å². The second kappa shape index (κ2) is 4.13. The van der Waals surface area contributed by atoms with Crippen molar-refractivity contribution in [1.82, 2.24) is 4.98 Å². The normalized spacial score (nSPS) is 12.9. The third-order valence-corrected chi connectivity index (χ3v) is 1.52. The first kappa shape index (κ1) is 9.09. The molecule has 12 heavy (non-hydrogen) atoms. The molecular formula is C8H11FN2O. The van der Waals surface area contributed by atoms with Gasteiger partial charge in [0.1, 0.15) is 0 Å². The molecule has 0 aliphatic rings. The number of halogens is 1. The summed E-state index contributed by atoms with van der Waals surface area (Å²) in [5.41, 5.74) is 6.30. The average molecular weight is 170 g/mol. The molecule has 1 atom stereocenters. The number of aliphatic hydroxyl groups is 1. The van der Waals surface area contributed by atoms with E-state index in [0.717, 1.165) is 5.56 Å². The fourth-order valence-corrected chi connectivity index (χ4v) is 0.894. The number of aromatic nitrogens is 1. The van der Waals surface area contributed by atoms with Gasteiger partial charge >= 0.3 is 0 Å². The van der Waals surface area contributed by atoms with Crippen molar-refractivity contribution in [2.45, 2.75) is 12.5 Å². The van der Waals surface area contributed by atoms with E-state index in [1.165, 1.54) is 12.3 Å². The fraction of sp³-hybridized carbons (Fsp3) is 0.375. The first-order valence-corrected chi connectivity index (χ1v) is 3.69. The van der Waals surface area contributed by atoms with Gasteiger partial charge in [0.15, 0.2) is 0 Å². The smallest absolute Gasteiger partial charge is 0.212 e. The van der Waals surface area contributed by atoms with E-state index < -0.39 is 5.95 Å². The number of hydrogen-bond donors (Lipinski definition) is 2. The predicted molar refractivity (Wildman–Crippen MR) is 43.0 cm³/mol. The molecule has 0 aromatic carbocycles. The van der Waals surface area contributed by atoms with E-state index in [4.69, 9.17) is 10.8 Å². The van der Waals surface area contributed by atoms with Crippen LogP contribution < -0.4 is 5.73 Å². The van der Waals surface area contributed by atoms with Crippen LogP contribution in [-0.4, -0.2) is 22.7 Å². The maximum atomic E-state index is 12.3. The highest BCUT2D eigenvalue weighted by Crippen LogP contribution is 2.01. The summed E-state index contributed by atoms with van der Waals surface area (Å²) in [5.74, 6) is -0.503. The molecule has 0 aliphatic carbocycles. The number of aliphatic hydroxyl groups excluding tert-OH is 1. The Bertz CT molecular complexity index is 237. The Morgan fingerprint density at radius 2 is 2.33 bits per heavy atom. The summed E-state index contributed by atoms with van der Waals surface area (Å²) in [6.45, 7) is -0.0720. The van der Waals surface area contributed by atoms with Gasteiger partial charge in [0.25, 0.3) is 0 Å². The van der Waals surface area contributed by atoms with Gasteiger partial charge in [-0.2, -0.15) is 4.39 Å². The van der Waals surface area contributed by atoms with E-state index in [-0.39, 0.29) is 12.6 Å². The van der Waals surface area contributed by atoms with Crippen molar-refractivity contribution >= 4 is 0 Å². The Morgan fingerprint density at radius 1 is 1.58 bits per heavy atom. The molecule has 0 saturated carbocycles. The minimum atomic E-state index is -0.503. The van der Waals surface area contributed by atoms with E-state index >= 15 is 0 Å². The molecule has 0 spiro atoms. The van der Waals surface area contributed by atoms with E-state index in [9.17, 15) is 4.39 Å². The number of nitrogens with two attached hydrogens (primary N) is 1. The molecule has 1 heterocycles. The zero-order valence-corrected chi connectivity index (χ0v) is 6.57. The molecule has 4 heteroatoms. The van der Waals surface area contributed by atoms with E-state index in [1.807, 2.05) is 0 Å². The van der Waals surface area contributed by atoms with Gasteiger partial charge in [-0.3, -0.25) is 0 Å². The highest BCUT2D eigenvalue weighted by Gasteiger charge is 2.02. The third-order valence-electron chi connectivity index (χ3n) is 1.52. The SMILES string of the molecule is NC(CO)Cc1ccc(F)nc1. The second-order valence-electron chi connectivity index (χ2n) is 2.64. The summed E-state index contributed by atoms with van der Waals surface area (Å²) in [7, 11) is 0. The average Bonchev–Trinajstić information content (AvgIpc) is 2.09. The lowest BCUT2D eigenvalue weighted by Crippen LogP contribution is -2.26. The van der Waals surface area contributed by atoms with Crippen molar-refractivity contribution in [3.8, 4) is 0 Å². The Hall–Kier alpha value is -1.00. The lowest BCUT2D eigenvalue weighted by atomic mass is 10.1. The van der Waals surface area contributed by atoms with E-state index in [1.54, 1.807) is 6.07 Å². The monoisotopic (exact) mass is 170 g/mol. The maximum absolute atomic E-state index is 12.3. The summed E-state index contributed by atoms with van der Waals surface area (Å²) in [6, 6.07) is 2.59. The van der Waals surface area contributed by atoms with Gasteiger partial charge in [0, 0.05) is 12.2 Å². The molecule has 3 N–H and O–H groups in total. The van der Waals surface area contributed by atoms with Crippen LogP contribution in [0.15, 0.2) is 18.3 Å². The van der Waals surface area contributed by atoms with Gasteiger partial charge in [-0.05, 0) is 18.1 Å². The summed E-state index contributed by atoms with van der Waals surface area (Å²) in [5, 5.41) is 8.63. The Labute approximate surface area is 70.0 Å². The van der Waals surface area contributed by atoms with Crippen LogP contribution >= 0.6 is 0 Å². The molecule has 0 fully saturated rings. The van der Waals surface area contributed by atoms with Crippen molar-refractivity contribution in [2.75, 3.05) is 6.61 Å². The Kier molecular flexibility index (Phi) is 3.13. The van der Waals surface area contributed by atoms with Gasteiger partial charge in [0.05, 0.1) is 6.61 Å². The summed E-state index contributed by atoms with van der Waals surface area (Å²) >= 11 is 0. The van der Waals surface area contributed by atoms with Crippen molar-refractivity contribution in [2.24, 2.45) is 5.73 Å². The maximum Gasteiger partial charge on any atom is 0.212 e. The summed E-state index contributed by atoms with van der Waals surface area (Å²) in [6.07, 6.45) is 1.94. The van der Waals surface area contributed by atoms with Gasteiger partial charge in [0.2, 0.25) is 5.95 Å². The van der Waals surface area contributed by atoms with Crippen molar-refractivity contribution in [3.63, 3.8) is 0 Å². The minimum absolute atomic E-state index is 0.0720. The zero-order chi connectivity index (χ0) is 8.97. The number of nitrogens with zero attached hydrogens (tertiary/aromatic N) is 1. The molecule has 0 aliphatic heterocycles. The zero-order valence-electron chi connectivity index (χ0n) is 6.57. The summed E-state index contributed by atoms with van der Waals surface area (Å²) < 4.78 is 12.3. The van der Waals surface area contributed by atoms with Gasteiger partial charge in [-0.15, -0.1) is 0 Å². The first-order valence-electron chi connectivity index (χ1n) is 3.69.